The van der Waals surface area contributed by atoms with E-state index in [1.165, 1.54) is 6.08 Å². The molecule has 0 unspecified atom stereocenters. The minimum absolute atomic E-state index is 0.0931. The molecule has 1 rings (SSSR count). The van der Waals surface area contributed by atoms with Crippen molar-refractivity contribution in [2.45, 2.75) is 38.6 Å². The van der Waals surface area contributed by atoms with Crippen molar-refractivity contribution in [1.29, 1.82) is 0 Å². The van der Waals surface area contributed by atoms with E-state index < -0.39 is 17.8 Å². The summed E-state index contributed by atoms with van der Waals surface area (Å²) in [6, 6.07) is -0.753. The molecule has 6 heteroatoms. The van der Waals surface area contributed by atoms with Crippen LogP contribution in [0.5, 0.6) is 0 Å². The van der Waals surface area contributed by atoms with Gasteiger partial charge in [-0.25, -0.2) is 4.79 Å². The Kier molecular flexibility index (Phi) is 6.36. The summed E-state index contributed by atoms with van der Waals surface area (Å²) in [4.78, 5) is 44.6. The third-order valence-electron chi connectivity index (χ3n) is 2.68. The summed E-state index contributed by atoms with van der Waals surface area (Å²) in [6.07, 6.45) is 6.95. The monoisotopic (exact) mass is 279 g/mol. The molecule has 0 aliphatic carbocycles. The Hall–Kier alpha value is -2.24. The third kappa shape index (κ3) is 4.79. The first-order chi connectivity index (χ1) is 9.58. The molecule has 1 aliphatic heterocycles. The van der Waals surface area contributed by atoms with Gasteiger partial charge in [0, 0.05) is 6.42 Å². The van der Waals surface area contributed by atoms with Gasteiger partial charge in [-0.2, -0.15) is 0 Å². The van der Waals surface area contributed by atoms with E-state index in [0.717, 1.165) is 6.42 Å². The summed E-state index contributed by atoms with van der Waals surface area (Å²) in [5.74, 6) is -2.15. The Balaban J connectivity index is 2.66. The highest BCUT2D eigenvalue weighted by Gasteiger charge is 2.30. The highest BCUT2D eigenvalue weighted by molar-refractivity contribution is 6.32. The molecule has 0 aromatic rings. The summed E-state index contributed by atoms with van der Waals surface area (Å²) in [5, 5.41) is 2.44. The van der Waals surface area contributed by atoms with Crippen LogP contribution in [-0.2, 0) is 23.9 Å². The fourth-order valence-electron chi connectivity index (χ4n) is 1.66. The van der Waals surface area contributed by atoms with Gasteiger partial charge in [0.2, 0.25) is 5.91 Å². The molecular formula is C14H17NO5. The third-order valence-corrected chi connectivity index (χ3v) is 2.68. The van der Waals surface area contributed by atoms with Gasteiger partial charge >= 0.3 is 5.97 Å². The van der Waals surface area contributed by atoms with Gasteiger partial charge in [-0.15, -0.1) is 0 Å². The topological polar surface area (TPSA) is 89.5 Å². The molecule has 0 radical (unpaired) electrons. The number of amides is 1. The standard InChI is InChI=1S/C14H17NO5/c1-2-3-4-5-6-12(11(17)9-16)20-14(19)10-7-8-13(18)15-10/h3-4,6,9-10H,2,5,7-8H2,1H3,(H,15,18)/t10-/m0/s1. The molecule has 0 aromatic heterocycles. The van der Waals surface area contributed by atoms with Gasteiger partial charge in [0.05, 0.1) is 0 Å². The minimum atomic E-state index is -0.896. The van der Waals surface area contributed by atoms with E-state index in [-0.39, 0.29) is 24.4 Å². The zero-order valence-corrected chi connectivity index (χ0v) is 11.3. The number of allylic oxidation sites excluding steroid dienone is 4. The van der Waals surface area contributed by atoms with Crippen molar-refractivity contribution in [1.82, 2.24) is 5.32 Å². The van der Waals surface area contributed by atoms with Crippen molar-refractivity contribution in [2.75, 3.05) is 0 Å². The Morgan fingerprint density at radius 3 is 2.70 bits per heavy atom. The molecule has 0 aromatic carbocycles. The van der Waals surface area contributed by atoms with Crippen molar-refractivity contribution in [3.05, 3.63) is 24.0 Å². The summed E-state index contributed by atoms with van der Waals surface area (Å²) in [6.45, 7) is 1.96. The maximum atomic E-state index is 11.7. The van der Waals surface area contributed by atoms with E-state index in [9.17, 15) is 19.2 Å². The number of esters is 1. The Morgan fingerprint density at radius 1 is 1.40 bits per heavy atom. The second kappa shape index (κ2) is 8.04. The van der Waals surface area contributed by atoms with E-state index in [1.54, 1.807) is 6.08 Å². The largest absolute Gasteiger partial charge is 0.421 e. The maximum absolute atomic E-state index is 11.7. The zero-order chi connectivity index (χ0) is 15.0. The number of hydrogen-bond donors (Lipinski definition) is 1. The summed E-state index contributed by atoms with van der Waals surface area (Å²) >= 11 is 0. The molecule has 1 atom stereocenters. The maximum Gasteiger partial charge on any atom is 0.334 e. The van der Waals surface area contributed by atoms with Gasteiger partial charge in [-0.05, 0) is 25.3 Å². The molecule has 1 fully saturated rings. The number of aldehydes is 1. The molecule has 20 heavy (non-hydrogen) atoms. The lowest BCUT2D eigenvalue weighted by atomic mass is 10.2. The summed E-state index contributed by atoms with van der Waals surface area (Å²) in [7, 11) is 0. The van der Waals surface area contributed by atoms with Crippen LogP contribution in [0.3, 0.4) is 0 Å². The first-order valence-electron chi connectivity index (χ1n) is 6.44. The molecule has 1 amide bonds. The minimum Gasteiger partial charge on any atom is -0.421 e. The van der Waals surface area contributed by atoms with Crippen LogP contribution in [0.15, 0.2) is 24.0 Å². The highest BCUT2D eigenvalue weighted by Crippen LogP contribution is 2.11. The molecule has 1 saturated heterocycles. The molecule has 108 valence electrons. The number of carbonyl (C=O) groups is 4. The van der Waals surface area contributed by atoms with Gasteiger partial charge < -0.3 is 10.1 Å². The van der Waals surface area contributed by atoms with Crippen molar-refractivity contribution < 1.29 is 23.9 Å². The van der Waals surface area contributed by atoms with Crippen LogP contribution in [0.25, 0.3) is 0 Å². The van der Waals surface area contributed by atoms with E-state index in [1.807, 2.05) is 13.0 Å². The number of hydrogen-bond acceptors (Lipinski definition) is 5. The van der Waals surface area contributed by atoms with Gasteiger partial charge in [0.1, 0.15) is 6.04 Å². The lowest BCUT2D eigenvalue weighted by Crippen LogP contribution is -2.35. The lowest BCUT2D eigenvalue weighted by molar-refractivity contribution is -0.145. The molecule has 0 spiro atoms. The predicted octanol–water partition coefficient (Wildman–Crippen LogP) is 0.816. The molecule has 1 heterocycles. The number of ether oxygens (including phenoxy) is 1. The predicted molar refractivity (Wildman–Crippen MR) is 70.5 cm³/mol. The van der Waals surface area contributed by atoms with Gasteiger partial charge in [-0.1, -0.05) is 19.1 Å². The molecule has 0 bridgehead atoms. The van der Waals surface area contributed by atoms with E-state index in [0.29, 0.717) is 12.8 Å². The second-order valence-corrected chi connectivity index (χ2v) is 4.25. The Labute approximate surface area is 116 Å². The summed E-state index contributed by atoms with van der Waals surface area (Å²) < 4.78 is 4.91. The van der Waals surface area contributed by atoms with Crippen molar-refractivity contribution in [3.63, 3.8) is 0 Å². The van der Waals surface area contributed by atoms with E-state index in [4.69, 9.17) is 4.74 Å². The van der Waals surface area contributed by atoms with Crippen molar-refractivity contribution in [3.8, 4) is 0 Å². The lowest BCUT2D eigenvalue weighted by Gasteiger charge is -2.10. The van der Waals surface area contributed by atoms with Crippen LogP contribution in [0.4, 0.5) is 0 Å². The SMILES string of the molecule is CCC=CCC=C(OC(=O)[C@@H]1CCC(=O)N1)C(=O)C=O. The van der Waals surface area contributed by atoms with Crippen molar-refractivity contribution in [2.24, 2.45) is 0 Å². The second-order valence-electron chi connectivity index (χ2n) is 4.25. The first-order valence-corrected chi connectivity index (χ1v) is 6.44. The van der Waals surface area contributed by atoms with Crippen LogP contribution in [0.2, 0.25) is 0 Å². The number of rotatable bonds is 7. The quantitative estimate of drug-likeness (QED) is 0.186. The van der Waals surface area contributed by atoms with E-state index >= 15 is 0 Å². The number of nitrogens with one attached hydrogen (secondary N) is 1. The first kappa shape index (κ1) is 15.8. The highest BCUT2D eigenvalue weighted by atomic mass is 16.5. The number of ketones is 1. The van der Waals surface area contributed by atoms with Gasteiger partial charge in [-0.3, -0.25) is 14.4 Å². The van der Waals surface area contributed by atoms with Crippen LogP contribution in [0, 0.1) is 0 Å². The van der Waals surface area contributed by atoms with Crippen LogP contribution >= 0.6 is 0 Å². The van der Waals surface area contributed by atoms with E-state index in [2.05, 4.69) is 5.32 Å². The van der Waals surface area contributed by atoms with Gasteiger partial charge in [0.25, 0.3) is 5.78 Å². The van der Waals surface area contributed by atoms with Crippen LogP contribution in [0.1, 0.15) is 32.6 Å². The zero-order valence-electron chi connectivity index (χ0n) is 11.3. The Morgan fingerprint density at radius 2 is 2.15 bits per heavy atom. The Bertz CT molecular complexity index is 464. The average molecular weight is 279 g/mol. The number of carbonyl (C=O) groups excluding carboxylic acids is 4. The average Bonchev–Trinajstić information content (AvgIpc) is 2.88. The molecule has 1 aliphatic rings. The number of Topliss-reactive ketones (excluding diaryl/α,β-unsaturated/α-hetero) is 1. The van der Waals surface area contributed by atoms with Gasteiger partial charge in [0.15, 0.2) is 12.0 Å². The summed E-state index contributed by atoms with van der Waals surface area (Å²) in [5.41, 5.74) is 0. The molecular weight excluding hydrogens is 262 g/mol. The molecule has 6 nitrogen and oxygen atoms in total. The fraction of sp³-hybridized carbons (Fsp3) is 0.429. The van der Waals surface area contributed by atoms with Crippen LogP contribution < -0.4 is 5.32 Å². The molecule has 1 N–H and O–H groups in total. The normalized spacial score (nSPS) is 18.9. The van der Waals surface area contributed by atoms with Crippen LogP contribution in [-0.4, -0.2) is 30.0 Å². The fourth-order valence-corrected chi connectivity index (χ4v) is 1.66. The van der Waals surface area contributed by atoms with Crippen molar-refractivity contribution >= 4 is 23.9 Å². The smallest absolute Gasteiger partial charge is 0.334 e. The molecule has 0 saturated carbocycles.